The highest BCUT2D eigenvalue weighted by Crippen LogP contribution is 2.27. The summed E-state index contributed by atoms with van der Waals surface area (Å²) in [4.78, 5) is 4.83. The molecule has 0 aliphatic heterocycles. The average Bonchev–Trinajstić information content (AvgIpc) is 2.56. The summed E-state index contributed by atoms with van der Waals surface area (Å²) in [5.41, 5.74) is 7.86. The number of pyridine rings is 1. The molecule has 1 aliphatic rings. The second kappa shape index (κ2) is 7.06. The Morgan fingerprint density at radius 1 is 1.05 bits per heavy atom. The Hall–Kier alpha value is -1.67. The lowest BCUT2D eigenvalue weighted by atomic mass is 9.90. The van der Waals surface area contributed by atoms with Crippen LogP contribution in [0.1, 0.15) is 48.6 Å². The Kier molecular flexibility index (Phi) is 4.89. The van der Waals surface area contributed by atoms with Gasteiger partial charge >= 0.3 is 0 Å². The maximum atomic E-state index is 4.83. The van der Waals surface area contributed by atoms with Gasteiger partial charge in [0.05, 0.1) is 5.69 Å². The molecule has 1 aromatic heterocycles. The van der Waals surface area contributed by atoms with Crippen LogP contribution in [0, 0.1) is 6.92 Å². The van der Waals surface area contributed by atoms with Crippen LogP contribution in [0.5, 0.6) is 0 Å². The summed E-state index contributed by atoms with van der Waals surface area (Å²) in [5.74, 6) is 0. The summed E-state index contributed by atoms with van der Waals surface area (Å²) in [6, 6.07) is 11.3. The first kappa shape index (κ1) is 15.2. The predicted molar refractivity (Wildman–Crippen MR) is 93.0 cm³/mol. The van der Waals surface area contributed by atoms with E-state index in [1.165, 1.54) is 54.4 Å². The lowest BCUT2D eigenvalue weighted by Gasteiger charge is -2.17. The zero-order valence-electron chi connectivity index (χ0n) is 13.8. The lowest BCUT2D eigenvalue weighted by molar-refractivity contribution is 0.671. The summed E-state index contributed by atoms with van der Waals surface area (Å²) >= 11 is 0. The van der Waals surface area contributed by atoms with E-state index in [4.69, 9.17) is 4.98 Å². The number of nitrogens with zero attached hydrogens (tertiary/aromatic N) is 1. The van der Waals surface area contributed by atoms with Crippen LogP contribution in [0.3, 0.4) is 0 Å². The second-order valence-electron chi connectivity index (χ2n) is 6.31. The van der Waals surface area contributed by atoms with Gasteiger partial charge in [-0.15, -0.1) is 0 Å². The highest BCUT2D eigenvalue weighted by Gasteiger charge is 2.11. The van der Waals surface area contributed by atoms with E-state index in [1.54, 1.807) is 0 Å². The molecule has 2 aromatic rings. The molecule has 22 heavy (non-hydrogen) atoms. The molecule has 0 saturated heterocycles. The molecule has 0 radical (unpaired) electrons. The van der Waals surface area contributed by atoms with Gasteiger partial charge in [0.2, 0.25) is 0 Å². The molecule has 3 rings (SSSR count). The van der Waals surface area contributed by atoms with Gasteiger partial charge in [0.15, 0.2) is 0 Å². The van der Waals surface area contributed by atoms with Gasteiger partial charge in [-0.3, -0.25) is 4.98 Å². The van der Waals surface area contributed by atoms with Crippen LogP contribution in [0.2, 0.25) is 0 Å². The highest BCUT2D eigenvalue weighted by molar-refractivity contribution is 5.62. The van der Waals surface area contributed by atoms with E-state index in [0.717, 1.165) is 24.5 Å². The average molecular weight is 294 g/mol. The minimum Gasteiger partial charge on any atom is -0.313 e. The molecule has 0 spiro atoms. The van der Waals surface area contributed by atoms with Crippen LogP contribution in [0.15, 0.2) is 30.3 Å². The van der Waals surface area contributed by atoms with Crippen molar-refractivity contribution >= 4 is 0 Å². The SMILES string of the molecule is CCCNCc1ccc(-c2ccc3c(c2)CCCC3)nc1C. The van der Waals surface area contributed by atoms with Gasteiger partial charge in [-0.05, 0) is 74.4 Å². The van der Waals surface area contributed by atoms with Crippen molar-refractivity contribution in [2.75, 3.05) is 6.54 Å². The zero-order valence-corrected chi connectivity index (χ0v) is 13.8. The van der Waals surface area contributed by atoms with Gasteiger partial charge in [0.1, 0.15) is 0 Å². The van der Waals surface area contributed by atoms with Crippen molar-refractivity contribution < 1.29 is 0 Å². The van der Waals surface area contributed by atoms with Crippen LogP contribution in [0.25, 0.3) is 11.3 Å². The van der Waals surface area contributed by atoms with Crippen molar-refractivity contribution in [3.8, 4) is 11.3 Å². The molecule has 1 heterocycles. The van der Waals surface area contributed by atoms with E-state index in [9.17, 15) is 0 Å². The molecule has 0 atom stereocenters. The molecule has 2 heteroatoms. The van der Waals surface area contributed by atoms with Crippen molar-refractivity contribution in [1.82, 2.24) is 10.3 Å². The fraction of sp³-hybridized carbons (Fsp3) is 0.450. The van der Waals surface area contributed by atoms with Crippen LogP contribution < -0.4 is 5.32 Å². The summed E-state index contributed by atoms with van der Waals surface area (Å²) in [5, 5.41) is 3.45. The smallest absolute Gasteiger partial charge is 0.0705 e. The first-order valence-corrected chi connectivity index (χ1v) is 8.57. The van der Waals surface area contributed by atoms with E-state index in [0.29, 0.717) is 0 Å². The molecule has 1 aliphatic carbocycles. The van der Waals surface area contributed by atoms with Crippen molar-refractivity contribution in [3.63, 3.8) is 0 Å². The minimum absolute atomic E-state index is 0.914. The van der Waals surface area contributed by atoms with Gasteiger partial charge < -0.3 is 5.32 Å². The monoisotopic (exact) mass is 294 g/mol. The van der Waals surface area contributed by atoms with Gasteiger partial charge in [0.25, 0.3) is 0 Å². The summed E-state index contributed by atoms with van der Waals surface area (Å²) in [7, 11) is 0. The Labute approximate surface area is 134 Å². The number of aromatic nitrogens is 1. The zero-order chi connectivity index (χ0) is 15.4. The molecular weight excluding hydrogens is 268 g/mol. The summed E-state index contributed by atoms with van der Waals surface area (Å²) in [6.07, 6.45) is 6.29. The number of hydrogen-bond donors (Lipinski definition) is 1. The fourth-order valence-corrected chi connectivity index (χ4v) is 3.23. The van der Waals surface area contributed by atoms with E-state index < -0.39 is 0 Å². The third-order valence-corrected chi connectivity index (χ3v) is 4.58. The Bertz CT molecular complexity index is 646. The Morgan fingerprint density at radius 3 is 2.64 bits per heavy atom. The molecule has 0 amide bonds. The Balaban J connectivity index is 1.81. The molecule has 0 unspecified atom stereocenters. The van der Waals surface area contributed by atoms with Gasteiger partial charge in [0, 0.05) is 17.8 Å². The van der Waals surface area contributed by atoms with E-state index in [2.05, 4.69) is 49.5 Å². The van der Waals surface area contributed by atoms with E-state index >= 15 is 0 Å². The van der Waals surface area contributed by atoms with Gasteiger partial charge in [-0.2, -0.15) is 0 Å². The number of aryl methyl sites for hydroxylation is 3. The van der Waals surface area contributed by atoms with Crippen molar-refractivity contribution in [2.24, 2.45) is 0 Å². The fourth-order valence-electron chi connectivity index (χ4n) is 3.23. The van der Waals surface area contributed by atoms with Crippen LogP contribution in [-0.4, -0.2) is 11.5 Å². The number of rotatable bonds is 5. The molecule has 0 bridgehead atoms. The minimum atomic E-state index is 0.914. The maximum absolute atomic E-state index is 4.83. The predicted octanol–water partition coefficient (Wildman–Crippen LogP) is 4.44. The van der Waals surface area contributed by atoms with Crippen molar-refractivity contribution in [1.29, 1.82) is 0 Å². The number of hydrogen-bond acceptors (Lipinski definition) is 2. The normalized spacial score (nSPS) is 13.9. The largest absolute Gasteiger partial charge is 0.313 e. The lowest BCUT2D eigenvalue weighted by Crippen LogP contribution is -2.15. The first-order valence-electron chi connectivity index (χ1n) is 8.57. The van der Waals surface area contributed by atoms with Crippen molar-refractivity contribution in [3.05, 3.63) is 52.7 Å². The molecule has 0 saturated carbocycles. The molecule has 116 valence electrons. The van der Waals surface area contributed by atoms with Crippen LogP contribution >= 0.6 is 0 Å². The first-order chi connectivity index (χ1) is 10.8. The molecule has 0 fully saturated rings. The highest BCUT2D eigenvalue weighted by atomic mass is 14.9. The maximum Gasteiger partial charge on any atom is 0.0705 e. The van der Waals surface area contributed by atoms with Gasteiger partial charge in [-0.25, -0.2) is 0 Å². The summed E-state index contributed by atoms with van der Waals surface area (Å²) in [6.45, 7) is 6.28. The summed E-state index contributed by atoms with van der Waals surface area (Å²) < 4.78 is 0. The van der Waals surface area contributed by atoms with E-state index in [1.807, 2.05) is 0 Å². The standard InChI is InChI=1S/C20H26N2/c1-3-12-21-14-19-10-11-20(22-15(19)2)18-9-8-16-6-4-5-7-17(16)13-18/h8-11,13,21H,3-7,12,14H2,1-2H3. The molecular formula is C20H26N2. The number of benzene rings is 1. The quantitative estimate of drug-likeness (QED) is 0.825. The third kappa shape index (κ3) is 3.38. The number of fused-ring (bicyclic) bond motifs is 1. The third-order valence-electron chi connectivity index (χ3n) is 4.58. The van der Waals surface area contributed by atoms with Crippen LogP contribution in [0.4, 0.5) is 0 Å². The van der Waals surface area contributed by atoms with Gasteiger partial charge in [-0.1, -0.05) is 25.1 Å². The second-order valence-corrected chi connectivity index (χ2v) is 6.31. The Morgan fingerprint density at radius 2 is 1.86 bits per heavy atom. The molecule has 1 N–H and O–H groups in total. The van der Waals surface area contributed by atoms with Crippen molar-refractivity contribution in [2.45, 2.75) is 52.5 Å². The molecule has 1 aromatic carbocycles. The molecule has 2 nitrogen and oxygen atoms in total. The van der Waals surface area contributed by atoms with E-state index in [-0.39, 0.29) is 0 Å². The topological polar surface area (TPSA) is 24.9 Å². The number of nitrogens with one attached hydrogen (secondary N) is 1. The van der Waals surface area contributed by atoms with Crippen LogP contribution in [-0.2, 0) is 19.4 Å².